The van der Waals surface area contributed by atoms with Crippen LogP contribution in [0.15, 0.2) is 40.1 Å². The van der Waals surface area contributed by atoms with Crippen LogP contribution in [0.3, 0.4) is 0 Å². The third kappa shape index (κ3) is 4.86. The maximum atomic E-state index is 13.5. The summed E-state index contributed by atoms with van der Waals surface area (Å²) in [6.45, 7) is -0.559. The molecule has 0 saturated carbocycles. The molecule has 2 aromatic rings. The average molecular weight is 441 g/mol. The van der Waals surface area contributed by atoms with E-state index in [9.17, 15) is 34.0 Å². The van der Waals surface area contributed by atoms with Gasteiger partial charge in [-0.2, -0.15) is 4.39 Å². The van der Waals surface area contributed by atoms with Crippen molar-refractivity contribution in [1.82, 2.24) is 9.55 Å². The Hall–Kier alpha value is -3.19. The number of aliphatic hydroxyl groups is 1. The van der Waals surface area contributed by atoms with E-state index in [4.69, 9.17) is 9.47 Å². The van der Waals surface area contributed by atoms with E-state index in [0.717, 1.165) is 22.5 Å². The highest BCUT2D eigenvalue weighted by Crippen LogP contribution is 2.42. The van der Waals surface area contributed by atoms with Crippen molar-refractivity contribution in [3.05, 3.63) is 72.8 Å². The Morgan fingerprint density at radius 2 is 2.07 bits per heavy atom. The summed E-state index contributed by atoms with van der Waals surface area (Å²) in [6.07, 6.45) is -1.01. The van der Waals surface area contributed by atoms with Gasteiger partial charge >= 0.3 is 11.8 Å². The van der Waals surface area contributed by atoms with Gasteiger partial charge in [-0.3, -0.25) is 24.5 Å². The lowest BCUT2D eigenvalue weighted by molar-refractivity contribution is -0.384. The summed E-state index contributed by atoms with van der Waals surface area (Å²) >= 11 is 1.09. The summed E-state index contributed by atoms with van der Waals surface area (Å²) in [5.41, 5.74) is -1.56. The molecule has 0 amide bonds. The topological polar surface area (TPSA) is 154 Å². The summed E-state index contributed by atoms with van der Waals surface area (Å²) in [5, 5.41) is 18.9. The molecule has 0 spiro atoms. The molecule has 0 unspecified atom stereocenters. The minimum Gasteiger partial charge on any atom is -0.430 e. The number of nitro groups is 1. The number of aromatic nitrogens is 2. The molecule has 0 bridgehead atoms. The number of non-ortho nitro benzene ring substituents is 1. The van der Waals surface area contributed by atoms with Gasteiger partial charge in [0.05, 0.1) is 28.4 Å². The van der Waals surface area contributed by atoms with Gasteiger partial charge in [0, 0.05) is 18.6 Å². The van der Waals surface area contributed by atoms with Crippen molar-refractivity contribution in [2.24, 2.45) is 0 Å². The van der Waals surface area contributed by atoms with E-state index < -0.39 is 44.9 Å². The zero-order chi connectivity index (χ0) is 21.8. The maximum Gasteiger partial charge on any atom is 0.508 e. The lowest BCUT2D eigenvalue weighted by atomic mass is 10.2. The minimum absolute atomic E-state index is 0.0773. The van der Waals surface area contributed by atoms with E-state index in [2.05, 4.69) is 0 Å². The second-order valence-corrected chi connectivity index (χ2v) is 7.73. The van der Waals surface area contributed by atoms with Crippen LogP contribution in [-0.2, 0) is 16.1 Å². The van der Waals surface area contributed by atoms with Crippen molar-refractivity contribution in [3.63, 3.8) is 0 Å². The molecule has 0 aliphatic carbocycles. The van der Waals surface area contributed by atoms with Crippen molar-refractivity contribution in [2.45, 2.75) is 29.8 Å². The number of carbonyl (C=O) groups is 1. The summed E-state index contributed by atoms with van der Waals surface area (Å²) in [4.78, 5) is 47.0. The van der Waals surface area contributed by atoms with Crippen LogP contribution in [0.2, 0.25) is 0 Å². The van der Waals surface area contributed by atoms with Crippen LogP contribution >= 0.6 is 11.8 Å². The number of carbonyl (C=O) groups excluding carboxylic acids is 1. The van der Waals surface area contributed by atoms with Gasteiger partial charge in [0.1, 0.15) is 12.7 Å². The van der Waals surface area contributed by atoms with Gasteiger partial charge in [-0.05, 0) is 17.7 Å². The molecule has 2 heterocycles. The Bertz CT molecular complexity index is 1050. The summed E-state index contributed by atoms with van der Waals surface area (Å²) in [6, 6.07) is 5.40. The van der Waals surface area contributed by atoms with E-state index in [0.29, 0.717) is 5.56 Å². The molecule has 30 heavy (non-hydrogen) atoms. The molecular weight excluding hydrogens is 425 g/mol. The summed E-state index contributed by atoms with van der Waals surface area (Å²) in [5.74, 6) is -1.14. The second-order valence-electron chi connectivity index (χ2n) is 6.31. The fraction of sp³-hybridized carbons (Fsp3) is 0.353. The first kappa shape index (κ1) is 21.5. The molecular formula is C17H16FN3O8S. The Morgan fingerprint density at radius 3 is 2.70 bits per heavy atom. The highest BCUT2D eigenvalue weighted by Gasteiger charge is 2.39. The number of H-pyrrole nitrogens is 1. The lowest BCUT2D eigenvalue weighted by Crippen LogP contribution is -2.33. The van der Waals surface area contributed by atoms with Crippen LogP contribution in [0.1, 0.15) is 17.4 Å². The van der Waals surface area contributed by atoms with Gasteiger partial charge in [-0.25, -0.2) is 9.59 Å². The number of rotatable bonds is 6. The summed E-state index contributed by atoms with van der Waals surface area (Å²) < 4.78 is 24.7. The molecule has 3 rings (SSSR count). The SMILES string of the molecule is O=C(OCc1ccc([N+](=O)[O-])cc1)O[C@H]1C[C@H](n2cc(F)c(=O)[nH]c2=O)S[C@@H]1CO. The van der Waals surface area contributed by atoms with Crippen molar-refractivity contribution < 1.29 is 28.7 Å². The van der Waals surface area contributed by atoms with Gasteiger partial charge in [0.25, 0.3) is 11.2 Å². The number of hydrogen-bond acceptors (Lipinski definition) is 9. The number of aromatic amines is 1. The fourth-order valence-corrected chi connectivity index (χ4v) is 4.27. The second kappa shape index (κ2) is 9.09. The first-order chi connectivity index (χ1) is 14.3. The average Bonchev–Trinajstić information content (AvgIpc) is 3.11. The zero-order valence-electron chi connectivity index (χ0n) is 15.2. The Morgan fingerprint density at radius 1 is 1.37 bits per heavy atom. The number of benzene rings is 1. The Labute approximate surface area is 171 Å². The van der Waals surface area contributed by atoms with Gasteiger partial charge in [-0.15, -0.1) is 11.8 Å². The van der Waals surface area contributed by atoms with Gasteiger partial charge in [-0.1, -0.05) is 0 Å². The number of halogens is 1. The number of nitro benzene ring substituents is 1. The third-order valence-electron chi connectivity index (χ3n) is 4.35. The molecule has 3 atom stereocenters. The number of thioether (sulfide) groups is 1. The maximum absolute atomic E-state index is 13.5. The molecule has 1 aromatic carbocycles. The normalized spacial score (nSPS) is 20.7. The van der Waals surface area contributed by atoms with E-state index in [1.807, 2.05) is 4.98 Å². The monoisotopic (exact) mass is 441 g/mol. The van der Waals surface area contributed by atoms with Crippen LogP contribution in [0.5, 0.6) is 0 Å². The van der Waals surface area contributed by atoms with Crippen molar-refractivity contribution in [2.75, 3.05) is 6.61 Å². The highest BCUT2D eigenvalue weighted by atomic mass is 32.2. The van der Waals surface area contributed by atoms with Gasteiger partial charge < -0.3 is 14.6 Å². The first-order valence-corrected chi connectivity index (χ1v) is 9.56. The number of nitrogens with one attached hydrogen (secondary N) is 1. The molecule has 1 aliphatic rings. The molecule has 0 radical (unpaired) electrons. The number of ether oxygens (including phenoxy) is 2. The number of nitrogens with zero attached hydrogens (tertiary/aromatic N) is 2. The van der Waals surface area contributed by atoms with Gasteiger partial charge in [0.2, 0.25) is 5.82 Å². The molecule has 1 saturated heterocycles. The van der Waals surface area contributed by atoms with Gasteiger partial charge in [0.15, 0.2) is 0 Å². The van der Waals surface area contributed by atoms with Crippen LogP contribution < -0.4 is 11.2 Å². The van der Waals surface area contributed by atoms with E-state index in [1.54, 1.807) is 0 Å². The van der Waals surface area contributed by atoms with Crippen molar-refractivity contribution >= 4 is 23.6 Å². The predicted octanol–water partition coefficient (Wildman–Crippen LogP) is 1.30. The zero-order valence-corrected chi connectivity index (χ0v) is 16.0. The van der Waals surface area contributed by atoms with E-state index >= 15 is 0 Å². The molecule has 160 valence electrons. The molecule has 11 nitrogen and oxygen atoms in total. The van der Waals surface area contributed by atoms with Crippen LogP contribution in [0.4, 0.5) is 14.9 Å². The minimum atomic E-state index is -1.14. The lowest BCUT2D eigenvalue weighted by Gasteiger charge is -2.16. The fourth-order valence-electron chi connectivity index (χ4n) is 2.85. The quantitative estimate of drug-likeness (QED) is 0.383. The van der Waals surface area contributed by atoms with Crippen molar-refractivity contribution in [3.8, 4) is 0 Å². The molecule has 1 fully saturated rings. The highest BCUT2D eigenvalue weighted by molar-refractivity contribution is 8.00. The molecule has 2 N–H and O–H groups in total. The molecule has 1 aromatic heterocycles. The number of aliphatic hydroxyl groups excluding tert-OH is 1. The molecule has 13 heteroatoms. The third-order valence-corrected chi connectivity index (χ3v) is 5.88. The summed E-state index contributed by atoms with van der Waals surface area (Å²) in [7, 11) is 0. The van der Waals surface area contributed by atoms with Crippen LogP contribution in [-0.4, -0.2) is 43.7 Å². The molecule has 1 aliphatic heterocycles. The Kier molecular flexibility index (Phi) is 6.52. The largest absolute Gasteiger partial charge is 0.508 e. The Balaban J connectivity index is 1.60. The number of hydrogen-bond donors (Lipinski definition) is 2. The van der Waals surface area contributed by atoms with Crippen LogP contribution in [0, 0.1) is 15.9 Å². The van der Waals surface area contributed by atoms with Crippen molar-refractivity contribution in [1.29, 1.82) is 0 Å². The van der Waals surface area contributed by atoms with Crippen LogP contribution in [0.25, 0.3) is 0 Å². The van der Waals surface area contributed by atoms with E-state index in [-0.39, 0.29) is 25.3 Å². The first-order valence-electron chi connectivity index (χ1n) is 8.62. The smallest absolute Gasteiger partial charge is 0.430 e. The van der Waals surface area contributed by atoms with E-state index in [1.165, 1.54) is 24.3 Å². The standard InChI is InChI=1S/C17H16FN3O8S/c18-11-6-20(16(24)19-15(11)23)14-5-12(13(7-22)30-14)29-17(25)28-8-9-1-3-10(4-2-9)21(26)27/h1-4,6,12-14,22H,5,7-8H2,(H,19,23,24)/t12-,13+,14+/m0/s1. The predicted molar refractivity (Wildman–Crippen MR) is 102 cm³/mol.